The Morgan fingerprint density at radius 1 is 1.47 bits per heavy atom. The number of anilines is 1. The Morgan fingerprint density at radius 2 is 2.21 bits per heavy atom. The molecule has 1 aromatic heterocycles. The molecule has 0 saturated heterocycles. The molecule has 1 N–H and O–H groups in total. The first-order chi connectivity index (χ1) is 9.01. The van der Waals surface area contributed by atoms with Crippen LogP contribution in [0.1, 0.15) is 27.2 Å². The number of hydrogen-bond donors (Lipinski definition) is 1. The summed E-state index contributed by atoms with van der Waals surface area (Å²) in [4.78, 5) is 14.5. The van der Waals surface area contributed by atoms with Crippen LogP contribution >= 0.6 is 0 Å². The fraction of sp³-hybridized carbons (Fsp3) is 0.462. The highest BCUT2D eigenvalue weighted by molar-refractivity contribution is 5.77. The number of nitro groups is 1. The molecule has 0 bridgehead atoms. The van der Waals surface area contributed by atoms with Gasteiger partial charge < -0.3 is 9.73 Å². The summed E-state index contributed by atoms with van der Waals surface area (Å²) in [5.74, 6) is 0.453. The smallest absolute Gasteiger partial charge is 0.295 e. The van der Waals surface area contributed by atoms with Gasteiger partial charge in [-0.2, -0.15) is 4.98 Å². The Bertz CT molecular complexity index is 592. The van der Waals surface area contributed by atoms with E-state index in [1.54, 1.807) is 6.07 Å². The minimum Gasteiger partial charge on any atom is -0.424 e. The highest BCUT2D eigenvalue weighted by Gasteiger charge is 2.15. The third-order valence-corrected chi connectivity index (χ3v) is 3.14. The van der Waals surface area contributed by atoms with Gasteiger partial charge in [0.15, 0.2) is 5.58 Å². The molecule has 102 valence electrons. The zero-order chi connectivity index (χ0) is 14.0. The molecule has 0 fully saturated rings. The van der Waals surface area contributed by atoms with Gasteiger partial charge in [-0.25, -0.2) is 0 Å². The van der Waals surface area contributed by atoms with Gasteiger partial charge in [-0.1, -0.05) is 20.8 Å². The summed E-state index contributed by atoms with van der Waals surface area (Å²) in [5, 5.41) is 13.9. The number of benzene rings is 1. The van der Waals surface area contributed by atoms with E-state index in [9.17, 15) is 10.1 Å². The monoisotopic (exact) mass is 263 g/mol. The molecular formula is C13H17N3O3. The van der Waals surface area contributed by atoms with Gasteiger partial charge in [0.1, 0.15) is 5.52 Å². The first-order valence-corrected chi connectivity index (χ1v) is 6.32. The molecule has 0 aliphatic rings. The second-order valence-electron chi connectivity index (χ2n) is 4.83. The van der Waals surface area contributed by atoms with Crippen molar-refractivity contribution < 1.29 is 9.34 Å². The van der Waals surface area contributed by atoms with Crippen molar-refractivity contribution in [3.63, 3.8) is 0 Å². The first-order valence-electron chi connectivity index (χ1n) is 6.32. The van der Waals surface area contributed by atoms with Gasteiger partial charge in [0.05, 0.1) is 4.92 Å². The maximum atomic E-state index is 10.7. The maximum Gasteiger partial charge on any atom is 0.295 e. The minimum atomic E-state index is -0.440. The quantitative estimate of drug-likeness (QED) is 0.658. The number of hydrogen-bond acceptors (Lipinski definition) is 5. The molecule has 0 aliphatic carbocycles. The lowest BCUT2D eigenvalue weighted by Crippen LogP contribution is -2.24. The van der Waals surface area contributed by atoms with Crippen LogP contribution in [0.25, 0.3) is 11.1 Å². The number of nitrogens with zero attached hydrogens (tertiary/aromatic N) is 2. The first kappa shape index (κ1) is 13.3. The van der Waals surface area contributed by atoms with Gasteiger partial charge in [-0.15, -0.1) is 0 Å². The van der Waals surface area contributed by atoms with Crippen LogP contribution in [-0.2, 0) is 0 Å². The molecule has 0 spiro atoms. The molecule has 1 heterocycles. The van der Waals surface area contributed by atoms with Gasteiger partial charge in [-0.05, 0) is 18.4 Å². The summed E-state index contributed by atoms with van der Waals surface area (Å²) in [6.45, 7) is 6.33. The second-order valence-corrected chi connectivity index (χ2v) is 4.83. The number of fused-ring (bicyclic) bond motifs is 1. The van der Waals surface area contributed by atoms with E-state index in [4.69, 9.17) is 4.42 Å². The predicted molar refractivity (Wildman–Crippen MR) is 73.2 cm³/mol. The van der Waals surface area contributed by atoms with Gasteiger partial charge in [0, 0.05) is 18.2 Å². The van der Waals surface area contributed by atoms with Crippen molar-refractivity contribution in [1.29, 1.82) is 0 Å². The number of rotatable bonds is 5. The molecule has 1 unspecified atom stereocenters. The van der Waals surface area contributed by atoms with Crippen LogP contribution in [0.4, 0.5) is 11.7 Å². The van der Waals surface area contributed by atoms with Gasteiger partial charge in [-0.3, -0.25) is 10.1 Å². The van der Waals surface area contributed by atoms with Crippen LogP contribution in [0.2, 0.25) is 0 Å². The van der Waals surface area contributed by atoms with E-state index in [1.165, 1.54) is 12.1 Å². The van der Waals surface area contributed by atoms with Crippen molar-refractivity contribution in [1.82, 2.24) is 4.98 Å². The average Bonchev–Trinajstić information content (AvgIpc) is 2.76. The van der Waals surface area contributed by atoms with Gasteiger partial charge >= 0.3 is 0 Å². The van der Waals surface area contributed by atoms with Crippen molar-refractivity contribution >= 4 is 22.8 Å². The summed E-state index contributed by atoms with van der Waals surface area (Å²) in [6, 6.07) is 5.08. The summed E-state index contributed by atoms with van der Waals surface area (Å²) in [6.07, 6.45) is 0.955. The van der Waals surface area contributed by atoms with E-state index in [0.29, 0.717) is 23.0 Å². The fourth-order valence-corrected chi connectivity index (χ4v) is 1.99. The molecule has 0 radical (unpaired) electrons. The van der Waals surface area contributed by atoms with E-state index in [2.05, 4.69) is 31.1 Å². The molecule has 1 aromatic carbocycles. The number of nitrogens with one attached hydrogen (secondary N) is 1. The summed E-state index contributed by atoms with van der Waals surface area (Å²) in [5.41, 5.74) is 1.06. The van der Waals surface area contributed by atoms with E-state index in [-0.39, 0.29) is 11.7 Å². The molecule has 0 amide bonds. The lowest BCUT2D eigenvalue weighted by atomic mass is 10.0. The zero-order valence-electron chi connectivity index (χ0n) is 11.2. The van der Waals surface area contributed by atoms with E-state index >= 15 is 0 Å². The average molecular weight is 263 g/mol. The number of aromatic nitrogens is 1. The molecule has 1 atom stereocenters. The van der Waals surface area contributed by atoms with Crippen LogP contribution < -0.4 is 5.32 Å². The predicted octanol–water partition coefficient (Wildman–Crippen LogP) is 3.58. The normalized spacial score (nSPS) is 12.8. The maximum absolute atomic E-state index is 10.7. The summed E-state index contributed by atoms with van der Waals surface area (Å²) >= 11 is 0. The fourth-order valence-electron chi connectivity index (χ4n) is 1.99. The van der Waals surface area contributed by atoms with E-state index in [0.717, 1.165) is 6.42 Å². The third-order valence-electron chi connectivity index (χ3n) is 3.14. The Kier molecular flexibility index (Phi) is 3.69. The molecule has 6 nitrogen and oxygen atoms in total. The minimum absolute atomic E-state index is 0.0169. The molecular weight excluding hydrogens is 246 g/mol. The van der Waals surface area contributed by atoms with E-state index in [1.807, 2.05) is 0 Å². The summed E-state index contributed by atoms with van der Waals surface area (Å²) in [7, 11) is 0. The lowest BCUT2D eigenvalue weighted by Gasteiger charge is -2.18. The Balaban J connectivity index is 2.28. The topological polar surface area (TPSA) is 81.2 Å². The van der Waals surface area contributed by atoms with Crippen molar-refractivity contribution in [3.8, 4) is 0 Å². The van der Waals surface area contributed by atoms with Crippen LogP contribution in [-0.4, -0.2) is 15.9 Å². The Morgan fingerprint density at radius 3 is 2.79 bits per heavy atom. The van der Waals surface area contributed by atoms with Crippen LogP contribution in [0.15, 0.2) is 22.6 Å². The van der Waals surface area contributed by atoms with Crippen LogP contribution in [0, 0.1) is 16.0 Å². The van der Waals surface area contributed by atoms with Crippen LogP contribution in [0.3, 0.4) is 0 Å². The Labute approximate surface area is 111 Å². The van der Waals surface area contributed by atoms with Crippen molar-refractivity contribution in [2.24, 2.45) is 5.92 Å². The highest BCUT2D eigenvalue weighted by atomic mass is 16.6. The number of non-ortho nitro benzene ring substituents is 1. The second kappa shape index (κ2) is 5.26. The summed E-state index contributed by atoms with van der Waals surface area (Å²) < 4.78 is 5.54. The lowest BCUT2D eigenvalue weighted by molar-refractivity contribution is -0.384. The third kappa shape index (κ3) is 2.83. The van der Waals surface area contributed by atoms with Gasteiger partial charge in [0.2, 0.25) is 0 Å². The zero-order valence-corrected chi connectivity index (χ0v) is 11.2. The molecule has 6 heteroatoms. The highest BCUT2D eigenvalue weighted by Crippen LogP contribution is 2.24. The molecule has 0 aliphatic heterocycles. The van der Waals surface area contributed by atoms with E-state index < -0.39 is 4.92 Å². The molecule has 0 saturated carbocycles. The van der Waals surface area contributed by atoms with Crippen molar-refractivity contribution in [2.45, 2.75) is 33.2 Å². The number of nitro benzene ring substituents is 1. The standard InChI is InChI=1S/C13H17N3O3/c1-4-10(8(2)3)14-13-15-11-7-9(16(17)18)5-6-12(11)19-13/h5-8,10H,4H2,1-3H3,(H,14,15). The Hall–Kier alpha value is -2.11. The van der Waals surface area contributed by atoms with Gasteiger partial charge in [0.25, 0.3) is 11.7 Å². The van der Waals surface area contributed by atoms with Crippen LogP contribution in [0.5, 0.6) is 0 Å². The largest absolute Gasteiger partial charge is 0.424 e. The molecule has 2 aromatic rings. The van der Waals surface area contributed by atoms with Crippen molar-refractivity contribution in [3.05, 3.63) is 28.3 Å². The molecule has 2 rings (SSSR count). The van der Waals surface area contributed by atoms with Crippen molar-refractivity contribution in [2.75, 3.05) is 5.32 Å². The SMILES string of the molecule is CCC(Nc1nc2cc([N+](=O)[O-])ccc2o1)C(C)C. The number of oxazole rings is 1. The molecule has 19 heavy (non-hydrogen) atoms.